The van der Waals surface area contributed by atoms with Crippen LogP contribution in [0.15, 0.2) is 4.47 Å². The first-order chi connectivity index (χ1) is 8.76. The highest BCUT2D eigenvalue weighted by Gasteiger charge is 2.17. The zero-order valence-corrected chi connectivity index (χ0v) is 12.8. The molecule has 18 heavy (non-hydrogen) atoms. The van der Waals surface area contributed by atoms with Crippen molar-refractivity contribution in [1.82, 2.24) is 15.1 Å². The van der Waals surface area contributed by atoms with Gasteiger partial charge in [0.2, 0.25) is 0 Å². The molecule has 1 saturated heterocycles. The number of halogens is 1. The largest absolute Gasteiger partial charge is 0.381 e. The van der Waals surface area contributed by atoms with E-state index in [0.29, 0.717) is 5.92 Å². The van der Waals surface area contributed by atoms with Crippen LogP contribution in [0.5, 0.6) is 0 Å². The summed E-state index contributed by atoms with van der Waals surface area (Å²) >= 11 is 3.67. The van der Waals surface area contributed by atoms with Crippen molar-refractivity contribution < 1.29 is 4.74 Å². The zero-order valence-electron chi connectivity index (χ0n) is 11.2. The quantitative estimate of drug-likeness (QED) is 0.876. The summed E-state index contributed by atoms with van der Waals surface area (Å²) in [6.07, 6.45) is 2.15. The number of hydrogen-bond donors (Lipinski definition) is 1. The number of aryl methyl sites for hydroxylation is 2. The van der Waals surface area contributed by atoms with Crippen molar-refractivity contribution in [2.24, 2.45) is 5.92 Å². The molecular formula is C13H22BrN3O. The molecule has 0 radical (unpaired) electrons. The van der Waals surface area contributed by atoms with Crippen LogP contribution in [0.2, 0.25) is 0 Å². The summed E-state index contributed by atoms with van der Waals surface area (Å²) in [5, 5.41) is 8.13. The van der Waals surface area contributed by atoms with Gasteiger partial charge >= 0.3 is 0 Å². The van der Waals surface area contributed by atoms with Gasteiger partial charge in [-0.1, -0.05) is 6.92 Å². The van der Waals surface area contributed by atoms with Crippen LogP contribution in [-0.2, 0) is 24.2 Å². The molecule has 1 N–H and O–H groups in total. The van der Waals surface area contributed by atoms with Crippen LogP contribution in [0.25, 0.3) is 0 Å². The molecular weight excluding hydrogens is 294 g/mol. The zero-order chi connectivity index (χ0) is 13.0. The second-order valence-electron chi connectivity index (χ2n) is 4.74. The van der Waals surface area contributed by atoms with Crippen LogP contribution in [-0.4, -0.2) is 29.5 Å². The van der Waals surface area contributed by atoms with Gasteiger partial charge in [0.25, 0.3) is 0 Å². The van der Waals surface area contributed by atoms with E-state index in [-0.39, 0.29) is 0 Å². The van der Waals surface area contributed by atoms with Crippen LogP contribution in [0, 0.1) is 5.92 Å². The van der Waals surface area contributed by atoms with Crippen molar-refractivity contribution >= 4 is 15.9 Å². The maximum absolute atomic E-state index is 5.38. The molecule has 2 heterocycles. The normalized spacial score (nSPS) is 19.6. The fourth-order valence-corrected chi connectivity index (χ4v) is 3.03. The molecule has 1 aromatic heterocycles. The van der Waals surface area contributed by atoms with Gasteiger partial charge in [0.1, 0.15) is 0 Å². The number of ether oxygens (including phenoxy) is 1. The Morgan fingerprint density at radius 2 is 2.33 bits per heavy atom. The van der Waals surface area contributed by atoms with E-state index in [2.05, 4.69) is 44.9 Å². The number of rotatable bonds is 6. The van der Waals surface area contributed by atoms with Crippen molar-refractivity contribution in [3.05, 3.63) is 15.9 Å². The van der Waals surface area contributed by atoms with Crippen molar-refractivity contribution in [2.75, 3.05) is 19.8 Å². The maximum atomic E-state index is 5.38. The molecule has 0 aliphatic carbocycles. The van der Waals surface area contributed by atoms with Crippen LogP contribution in [0.3, 0.4) is 0 Å². The molecule has 2 rings (SSSR count). The molecule has 1 aliphatic rings. The molecule has 4 nitrogen and oxygen atoms in total. The fraction of sp³-hybridized carbons (Fsp3) is 0.769. The average molecular weight is 316 g/mol. The summed E-state index contributed by atoms with van der Waals surface area (Å²) in [5.74, 6) is 0.674. The highest BCUT2D eigenvalue weighted by molar-refractivity contribution is 9.10. The summed E-state index contributed by atoms with van der Waals surface area (Å²) in [7, 11) is 0. The van der Waals surface area contributed by atoms with Crippen LogP contribution >= 0.6 is 15.9 Å². The van der Waals surface area contributed by atoms with E-state index in [9.17, 15) is 0 Å². The first kappa shape index (κ1) is 14.0. The minimum Gasteiger partial charge on any atom is -0.381 e. The predicted octanol–water partition coefficient (Wildman–Crippen LogP) is 2.35. The van der Waals surface area contributed by atoms with Gasteiger partial charge in [-0.2, -0.15) is 5.10 Å². The van der Waals surface area contributed by atoms with Crippen molar-refractivity contribution in [1.29, 1.82) is 0 Å². The highest BCUT2D eigenvalue weighted by Crippen LogP contribution is 2.22. The molecule has 0 amide bonds. The molecule has 1 unspecified atom stereocenters. The summed E-state index contributed by atoms with van der Waals surface area (Å²) in [6, 6.07) is 0. The van der Waals surface area contributed by atoms with E-state index in [4.69, 9.17) is 4.74 Å². The smallest absolute Gasteiger partial charge is 0.0767 e. The van der Waals surface area contributed by atoms with Gasteiger partial charge < -0.3 is 10.1 Å². The second-order valence-corrected chi connectivity index (χ2v) is 5.53. The van der Waals surface area contributed by atoms with Gasteiger partial charge in [-0.25, -0.2) is 0 Å². The minimum absolute atomic E-state index is 0.674. The van der Waals surface area contributed by atoms with Crippen LogP contribution in [0.1, 0.15) is 31.7 Å². The predicted molar refractivity (Wildman–Crippen MR) is 75.6 cm³/mol. The van der Waals surface area contributed by atoms with E-state index in [1.807, 2.05) is 0 Å². The lowest BCUT2D eigenvalue weighted by molar-refractivity contribution is 0.185. The summed E-state index contributed by atoms with van der Waals surface area (Å²) in [6.45, 7) is 8.92. The molecule has 5 heteroatoms. The third-order valence-electron chi connectivity index (χ3n) is 3.44. The number of nitrogens with zero attached hydrogens (tertiary/aromatic N) is 2. The lowest BCUT2D eigenvalue weighted by atomic mass is 10.1. The van der Waals surface area contributed by atoms with Crippen molar-refractivity contribution in [2.45, 2.75) is 39.8 Å². The third-order valence-corrected chi connectivity index (χ3v) is 4.36. The van der Waals surface area contributed by atoms with Crippen LogP contribution in [0.4, 0.5) is 0 Å². The monoisotopic (exact) mass is 315 g/mol. The molecule has 0 bridgehead atoms. The first-order valence-electron chi connectivity index (χ1n) is 6.78. The summed E-state index contributed by atoms with van der Waals surface area (Å²) in [5.41, 5.74) is 2.41. The summed E-state index contributed by atoms with van der Waals surface area (Å²) < 4.78 is 8.64. The van der Waals surface area contributed by atoms with E-state index >= 15 is 0 Å². The maximum Gasteiger partial charge on any atom is 0.0767 e. The van der Waals surface area contributed by atoms with E-state index in [1.165, 1.54) is 16.6 Å². The Morgan fingerprint density at radius 1 is 1.50 bits per heavy atom. The average Bonchev–Trinajstić information content (AvgIpc) is 2.99. The SMILES string of the molecule is CCc1nn(CC)c(CNCC2CCOC2)c1Br. The van der Waals surface area contributed by atoms with Gasteiger partial charge in [-0.3, -0.25) is 4.68 Å². The minimum atomic E-state index is 0.674. The van der Waals surface area contributed by atoms with Gasteiger partial charge in [-0.05, 0) is 41.6 Å². The molecule has 0 saturated carbocycles. The molecule has 0 aromatic carbocycles. The highest BCUT2D eigenvalue weighted by atomic mass is 79.9. The summed E-state index contributed by atoms with van der Waals surface area (Å²) in [4.78, 5) is 0. The molecule has 1 aliphatic heterocycles. The van der Waals surface area contributed by atoms with Gasteiger partial charge in [0.05, 0.1) is 22.5 Å². The molecule has 1 aromatic rings. The molecule has 1 atom stereocenters. The Hall–Kier alpha value is -0.390. The fourth-order valence-electron chi connectivity index (χ4n) is 2.33. The lowest BCUT2D eigenvalue weighted by Gasteiger charge is -2.10. The van der Waals surface area contributed by atoms with Crippen molar-refractivity contribution in [3.8, 4) is 0 Å². The number of nitrogens with one attached hydrogen (secondary N) is 1. The Morgan fingerprint density at radius 3 is 2.94 bits per heavy atom. The van der Waals surface area contributed by atoms with Crippen molar-refractivity contribution in [3.63, 3.8) is 0 Å². The third kappa shape index (κ3) is 3.13. The first-order valence-corrected chi connectivity index (χ1v) is 7.58. The lowest BCUT2D eigenvalue weighted by Crippen LogP contribution is -2.24. The Bertz CT molecular complexity index is 386. The Balaban J connectivity index is 1.92. The Labute approximate surface area is 117 Å². The molecule has 102 valence electrons. The Kier molecular flexibility index (Phi) is 5.21. The van der Waals surface area contributed by atoms with Gasteiger partial charge in [-0.15, -0.1) is 0 Å². The standard InChI is InChI=1S/C13H22BrN3O/c1-3-11-13(14)12(17(4-2)16-11)8-15-7-10-5-6-18-9-10/h10,15H,3-9H2,1-2H3. The van der Waals surface area contributed by atoms with Crippen LogP contribution < -0.4 is 5.32 Å². The number of hydrogen-bond acceptors (Lipinski definition) is 3. The van der Waals surface area contributed by atoms with Gasteiger partial charge in [0.15, 0.2) is 0 Å². The number of aromatic nitrogens is 2. The van der Waals surface area contributed by atoms with E-state index < -0.39 is 0 Å². The molecule has 0 spiro atoms. The van der Waals surface area contributed by atoms with E-state index in [0.717, 1.165) is 45.0 Å². The molecule has 1 fully saturated rings. The topological polar surface area (TPSA) is 39.1 Å². The van der Waals surface area contributed by atoms with Gasteiger partial charge in [0, 0.05) is 26.2 Å². The second kappa shape index (κ2) is 6.68. The van der Waals surface area contributed by atoms with E-state index in [1.54, 1.807) is 0 Å².